The summed E-state index contributed by atoms with van der Waals surface area (Å²) in [5, 5.41) is 7.81. The average Bonchev–Trinajstić information content (AvgIpc) is 2.96. The highest BCUT2D eigenvalue weighted by Gasteiger charge is 2.16. The number of rotatable bonds is 6. The standard InChI is InChI=1S/C15H14Cl2FN3O2S/c1-7(9-4-12(18)11(17)5-10(9)16)20-6-13(22)21-15-8(14(19)23)2-3-24-15/h2-5,7,20H,6H2,1H3,(H2,19,23)(H,21,22)/t7-/m0/s1. The van der Waals surface area contributed by atoms with E-state index in [1.807, 2.05) is 0 Å². The van der Waals surface area contributed by atoms with Crippen molar-refractivity contribution < 1.29 is 14.0 Å². The van der Waals surface area contributed by atoms with Gasteiger partial charge >= 0.3 is 0 Å². The second kappa shape index (κ2) is 7.94. The van der Waals surface area contributed by atoms with Gasteiger partial charge in [0, 0.05) is 11.1 Å². The highest BCUT2D eigenvalue weighted by atomic mass is 35.5. The minimum atomic E-state index is -0.615. The zero-order chi connectivity index (χ0) is 17.9. The van der Waals surface area contributed by atoms with Crippen molar-refractivity contribution in [3.05, 3.63) is 50.6 Å². The summed E-state index contributed by atoms with van der Waals surface area (Å²) in [5.74, 6) is -1.56. The first-order chi connectivity index (χ1) is 11.3. The average molecular weight is 390 g/mol. The fourth-order valence-corrected chi connectivity index (χ4v) is 3.35. The van der Waals surface area contributed by atoms with E-state index in [2.05, 4.69) is 10.6 Å². The maximum atomic E-state index is 13.6. The van der Waals surface area contributed by atoms with E-state index in [1.54, 1.807) is 12.3 Å². The van der Waals surface area contributed by atoms with Crippen molar-refractivity contribution in [1.82, 2.24) is 5.32 Å². The summed E-state index contributed by atoms with van der Waals surface area (Å²) in [6.45, 7) is 1.68. The van der Waals surface area contributed by atoms with Crippen LogP contribution in [0.2, 0.25) is 10.0 Å². The Morgan fingerprint density at radius 3 is 2.71 bits per heavy atom. The molecule has 0 saturated carbocycles. The minimum Gasteiger partial charge on any atom is -0.366 e. The van der Waals surface area contributed by atoms with E-state index in [4.69, 9.17) is 28.9 Å². The van der Waals surface area contributed by atoms with Crippen LogP contribution in [0, 0.1) is 5.82 Å². The van der Waals surface area contributed by atoms with Gasteiger partial charge in [-0.25, -0.2) is 4.39 Å². The smallest absolute Gasteiger partial charge is 0.251 e. The zero-order valence-corrected chi connectivity index (χ0v) is 14.9. The van der Waals surface area contributed by atoms with Crippen molar-refractivity contribution in [3.63, 3.8) is 0 Å². The number of anilines is 1. The molecule has 9 heteroatoms. The Bertz CT molecular complexity index is 782. The molecule has 1 atom stereocenters. The molecule has 5 nitrogen and oxygen atoms in total. The second-order valence-corrected chi connectivity index (χ2v) is 6.70. The van der Waals surface area contributed by atoms with Crippen molar-refractivity contribution in [3.8, 4) is 0 Å². The van der Waals surface area contributed by atoms with E-state index in [9.17, 15) is 14.0 Å². The molecule has 0 aliphatic carbocycles. The van der Waals surface area contributed by atoms with Gasteiger partial charge in [0.25, 0.3) is 5.91 Å². The summed E-state index contributed by atoms with van der Waals surface area (Å²) in [6.07, 6.45) is 0. The van der Waals surface area contributed by atoms with E-state index in [0.717, 1.165) is 0 Å². The van der Waals surface area contributed by atoms with Gasteiger partial charge in [0.15, 0.2) is 0 Å². The number of carbonyl (C=O) groups is 2. The zero-order valence-electron chi connectivity index (χ0n) is 12.5. The summed E-state index contributed by atoms with van der Waals surface area (Å²) in [5.41, 5.74) is 5.96. The molecular formula is C15H14Cl2FN3O2S. The molecule has 128 valence electrons. The first kappa shape index (κ1) is 18.7. The van der Waals surface area contributed by atoms with Crippen molar-refractivity contribution in [1.29, 1.82) is 0 Å². The summed E-state index contributed by atoms with van der Waals surface area (Å²) in [6, 6.07) is 3.70. The number of benzene rings is 1. The summed E-state index contributed by atoms with van der Waals surface area (Å²) < 4.78 is 13.6. The third-order valence-electron chi connectivity index (χ3n) is 3.26. The Labute approximate surface area is 151 Å². The molecular weight excluding hydrogens is 376 g/mol. The normalized spacial score (nSPS) is 12.0. The fraction of sp³-hybridized carbons (Fsp3) is 0.200. The second-order valence-electron chi connectivity index (χ2n) is 4.97. The Morgan fingerprint density at radius 1 is 1.33 bits per heavy atom. The van der Waals surface area contributed by atoms with Crippen LogP contribution in [0.5, 0.6) is 0 Å². The van der Waals surface area contributed by atoms with Gasteiger partial charge in [-0.3, -0.25) is 9.59 Å². The van der Waals surface area contributed by atoms with E-state index in [1.165, 1.54) is 29.5 Å². The van der Waals surface area contributed by atoms with Crippen LogP contribution >= 0.6 is 34.5 Å². The van der Waals surface area contributed by atoms with Crippen LogP contribution in [-0.2, 0) is 4.79 Å². The molecule has 24 heavy (non-hydrogen) atoms. The number of halogens is 3. The Hall–Kier alpha value is -1.67. The van der Waals surface area contributed by atoms with E-state index >= 15 is 0 Å². The summed E-state index contributed by atoms with van der Waals surface area (Å²) >= 11 is 12.9. The largest absolute Gasteiger partial charge is 0.366 e. The first-order valence-electron chi connectivity index (χ1n) is 6.84. The highest BCUT2D eigenvalue weighted by Crippen LogP contribution is 2.28. The molecule has 0 aliphatic heterocycles. The maximum Gasteiger partial charge on any atom is 0.251 e. The number of nitrogens with two attached hydrogens (primary N) is 1. The maximum absolute atomic E-state index is 13.6. The van der Waals surface area contributed by atoms with Gasteiger partial charge in [-0.1, -0.05) is 23.2 Å². The number of hydrogen-bond acceptors (Lipinski definition) is 4. The summed E-state index contributed by atoms with van der Waals surface area (Å²) in [4.78, 5) is 23.2. The van der Waals surface area contributed by atoms with Gasteiger partial charge in [-0.05, 0) is 36.1 Å². The molecule has 1 heterocycles. The van der Waals surface area contributed by atoms with Gasteiger partial charge in [0.2, 0.25) is 5.91 Å². The lowest BCUT2D eigenvalue weighted by Gasteiger charge is -2.16. The molecule has 2 amide bonds. The third-order valence-corrected chi connectivity index (χ3v) is 4.71. The van der Waals surface area contributed by atoms with E-state index in [-0.39, 0.29) is 29.1 Å². The third kappa shape index (κ3) is 4.45. The fourth-order valence-electron chi connectivity index (χ4n) is 2.00. The Kier molecular flexibility index (Phi) is 6.17. The van der Waals surface area contributed by atoms with Crippen molar-refractivity contribution in [2.75, 3.05) is 11.9 Å². The monoisotopic (exact) mass is 389 g/mol. The molecule has 4 N–H and O–H groups in total. The van der Waals surface area contributed by atoms with Crippen LogP contribution in [0.4, 0.5) is 9.39 Å². The highest BCUT2D eigenvalue weighted by molar-refractivity contribution is 7.14. The molecule has 0 spiro atoms. The number of primary amides is 1. The van der Waals surface area contributed by atoms with Crippen LogP contribution < -0.4 is 16.4 Å². The first-order valence-corrected chi connectivity index (χ1v) is 8.48. The molecule has 2 rings (SSSR count). The van der Waals surface area contributed by atoms with Crippen molar-refractivity contribution in [2.45, 2.75) is 13.0 Å². The number of thiophene rings is 1. The Morgan fingerprint density at radius 2 is 2.04 bits per heavy atom. The van der Waals surface area contributed by atoms with Gasteiger partial charge in [0.1, 0.15) is 10.8 Å². The van der Waals surface area contributed by atoms with Gasteiger partial charge < -0.3 is 16.4 Å². The lowest BCUT2D eigenvalue weighted by molar-refractivity contribution is -0.115. The van der Waals surface area contributed by atoms with Crippen LogP contribution in [0.1, 0.15) is 28.9 Å². The molecule has 0 aliphatic rings. The predicted molar refractivity (Wildman–Crippen MR) is 94.3 cm³/mol. The van der Waals surface area contributed by atoms with Crippen LogP contribution in [0.15, 0.2) is 23.6 Å². The molecule has 1 aromatic carbocycles. The van der Waals surface area contributed by atoms with Gasteiger partial charge in [0.05, 0.1) is 17.1 Å². The molecule has 0 unspecified atom stereocenters. The quantitative estimate of drug-likeness (QED) is 0.660. The molecule has 0 fully saturated rings. The lowest BCUT2D eigenvalue weighted by atomic mass is 10.1. The van der Waals surface area contributed by atoms with Gasteiger partial charge in [-0.15, -0.1) is 11.3 Å². The molecule has 1 aromatic heterocycles. The topological polar surface area (TPSA) is 84.2 Å². The molecule has 2 aromatic rings. The van der Waals surface area contributed by atoms with Crippen LogP contribution in [0.3, 0.4) is 0 Å². The van der Waals surface area contributed by atoms with Crippen LogP contribution in [0.25, 0.3) is 0 Å². The molecule has 0 radical (unpaired) electrons. The Balaban J connectivity index is 1.97. The molecule has 0 bridgehead atoms. The summed E-state index contributed by atoms with van der Waals surface area (Å²) in [7, 11) is 0. The number of carbonyl (C=O) groups excluding carboxylic acids is 2. The number of hydrogen-bond donors (Lipinski definition) is 3. The predicted octanol–water partition coefficient (Wildman–Crippen LogP) is 3.58. The number of nitrogens with one attached hydrogen (secondary N) is 2. The van der Waals surface area contributed by atoms with Crippen molar-refractivity contribution in [2.24, 2.45) is 5.73 Å². The lowest BCUT2D eigenvalue weighted by Crippen LogP contribution is -2.30. The van der Waals surface area contributed by atoms with Crippen LogP contribution in [-0.4, -0.2) is 18.4 Å². The van der Waals surface area contributed by atoms with E-state index < -0.39 is 11.7 Å². The van der Waals surface area contributed by atoms with Gasteiger partial charge in [-0.2, -0.15) is 0 Å². The number of amides is 2. The molecule has 0 saturated heterocycles. The van der Waals surface area contributed by atoms with Crippen molar-refractivity contribution >= 4 is 51.4 Å². The minimum absolute atomic E-state index is 0.0577. The SMILES string of the molecule is C[C@H](NCC(=O)Nc1sccc1C(N)=O)c1cc(F)c(Cl)cc1Cl. The van der Waals surface area contributed by atoms with E-state index in [0.29, 0.717) is 15.6 Å².